The molecule has 1 aliphatic heterocycles. The van der Waals surface area contributed by atoms with Crippen molar-refractivity contribution in [2.75, 3.05) is 13.1 Å². The van der Waals surface area contributed by atoms with Gasteiger partial charge in [0.25, 0.3) is 0 Å². The average Bonchev–Trinajstić information content (AvgIpc) is 2.65. The van der Waals surface area contributed by atoms with Gasteiger partial charge in [0.1, 0.15) is 13.1 Å². The molecule has 0 aromatic heterocycles. The quantitative estimate of drug-likeness (QED) is 0.719. The van der Waals surface area contributed by atoms with E-state index in [1.165, 1.54) is 0 Å². The van der Waals surface area contributed by atoms with Crippen LogP contribution in [0, 0.1) is 11.8 Å². The molecule has 0 unspecified atom stereocenters. The van der Waals surface area contributed by atoms with Crippen LogP contribution in [-0.2, 0) is 4.79 Å². The molecule has 0 spiro atoms. The van der Waals surface area contributed by atoms with Crippen molar-refractivity contribution in [2.24, 2.45) is 11.8 Å². The van der Waals surface area contributed by atoms with Crippen LogP contribution in [0.4, 0.5) is 0 Å². The lowest BCUT2D eigenvalue weighted by atomic mass is 9.82. The Balaban J connectivity index is 1.81. The van der Waals surface area contributed by atoms with Crippen LogP contribution in [0.15, 0.2) is 0 Å². The van der Waals surface area contributed by atoms with E-state index in [0.717, 1.165) is 51.6 Å². The molecular formula is C12H20NO3+. The van der Waals surface area contributed by atoms with E-state index < -0.39 is 5.97 Å². The van der Waals surface area contributed by atoms with E-state index in [4.69, 9.17) is 5.11 Å². The van der Waals surface area contributed by atoms with Crippen molar-refractivity contribution in [3.8, 4) is 0 Å². The lowest BCUT2D eigenvalue weighted by Crippen LogP contribution is -2.28. The van der Waals surface area contributed by atoms with Gasteiger partial charge < -0.3 is 10.2 Å². The number of aliphatic carboxylic acids is 1. The van der Waals surface area contributed by atoms with E-state index in [9.17, 15) is 9.90 Å². The SMILES string of the molecule is O=C(O)C1CCC(C[N+]2=C(O)CCC2)CC1. The number of carbonyl (C=O) groups is 1. The molecule has 0 aromatic carbocycles. The van der Waals surface area contributed by atoms with Gasteiger partial charge in [0, 0.05) is 12.3 Å². The molecule has 1 saturated carbocycles. The van der Waals surface area contributed by atoms with Gasteiger partial charge in [0.15, 0.2) is 0 Å². The first-order chi connectivity index (χ1) is 7.66. The maximum atomic E-state index is 10.8. The van der Waals surface area contributed by atoms with Gasteiger partial charge in [-0.05, 0) is 25.7 Å². The second kappa shape index (κ2) is 4.85. The summed E-state index contributed by atoms with van der Waals surface area (Å²) in [4.78, 5) is 10.8. The number of carboxylic acids is 1. The van der Waals surface area contributed by atoms with Crippen LogP contribution < -0.4 is 0 Å². The largest absolute Gasteiger partial charge is 0.481 e. The molecule has 0 radical (unpaired) electrons. The molecule has 1 fully saturated rings. The fourth-order valence-electron chi connectivity index (χ4n) is 2.82. The summed E-state index contributed by atoms with van der Waals surface area (Å²) in [6, 6.07) is 0. The standard InChI is InChI=1S/C12H19NO3/c14-11-2-1-7-13(11)8-9-3-5-10(6-4-9)12(15)16/h9-10H,1-8H2,(H,15,16)/p+1. The highest BCUT2D eigenvalue weighted by molar-refractivity contribution is 5.70. The van der Waals surface area contributed by atoms with Crippen molar-refractivity contribution in [1.29, 1.82) is 0 Å². The molecule has 1 heterocycles. The first-order valence-corrected chi connectivity index (χ1v) is 6.19. The van der Waals surface area contributed by atoms with E-state index in [-0.39, 0.29) is 5.92 Å². The van der Waals surface area contributed by atoms with Crippen molar-refractivity contribution < 1.29 is 19.6 Å². The minimum atomic E-state index is -0.644. The third-order valence-corrected chi connectivity index (χ3v) is 3.87. The molecule has 0 aromatic rings. The summed E-state index contributed by atoms with van der Waals surface area (Å²) in [7, 11) is 0. The summed E-state index contributed by atoms with van der Waals surface area (Å²) in [5.41, 5.74) is 0. The molecule has 2 rings (SSSR count). The highest BCUT2D eigenvalue weighted by Gasteiger charge is 2.30. The van der Waals surface area contributed by atoms with Crippen molar-refractivity contribution in [3.05, 3.63) is 0 Å². The highest BCUT2D eigenvalue weighted by atomic mass is 16.4. The van der Waals surface area contributed by atoms with Gasteiger partial charge in [-0.1, -0.05) is 0 Å². The third-order valence-electron chi connectivity index (χ3n) is 3.87. The zero-order chi connectivity index (χ0) is 11.5. The molecule has 16 heavy (non-hydrogen) atoms. The second-order valence-corrected chi connectivity index (χ2v) is 5.02. The first kappa shape index (κ1) is 11.4. The minimum absolute atomic E-state index is 0.132. The third kappa shape index (κ3) is 2.54. The van der Waals surface area contributed by atoms with Gasteiger partial charge in [0.05, 0.1) is 12.3 Å². The van der Waals surface area contributed by atoms with Gasteiger partial charge in [-0.25, -0.2) is 4.58 Å². The molecular weight excluding hydrogens is 206 g/mol. The molecule has 0 bridgehead atoms. The van der Waals surface area contributed by atoms with Crippen molar-refractivity contribution in [2.45, 2.75) is 38.5 Å². The topological polar surface area (TPSA) is 60.5 Å². The summed E-state index contributed by atoms with van der Waals surface area (Å²) in [6.07, 6.45) is 5.44. The number of hydrogen-bond acceptors (Lipinski definition) is 1. The van der Waals surface area contributed by atoms with Crippen LogP contribution in [0.5, 0.6) is 0 Å². The van der Waals surface area contributed by atoms with E-state index in [1.54, 1.807) is 0 Å². The monoisotopic (exact) mass is 226 g/mol. The van der Waals surface area contributed by atoms with Crippen LogP contribution in [-0.4, -0.2) is 39.7 Å². The maximum absolute atomic E-state index is 10.8. The van der Waals surface area contributed by atoms with E-state index in [1.807, 2.05) is 0 Å². The predicted molar refractivity (Wildman–Crippen MR) is 59.9 cm³/mol. The van der Waals surface area contributed by atoms with Crippen LogP contribution in [0.2, 0.25) is 0 Å². The summed E-state index contributed by atoms with van der Waals surface area (Å²) in [5.74, 6) is 0.317. The Bertz CT molecular complexity index is 303. The molecule has 2 N–H and O–H groups in total. The summed E-state index contributed by atoms with van der Waals surface area (Å²) >= 11 is 0. The van der Waals surface area contributed by atoms with Crippen LogP contribution >= 0.6 is 0 Å². The Kier molecular flexibility index (Phi) is 3.46. The van der Waals surface area contributed by atoms with Gasteiger partial charge in [-0.2, -0.15) is 0 Å². The summed E-state index contributed by atoms with van der Waals surface area (Å²) in [5, 5.41) is 18.5. The minimum Gasteiger partial charge on any atom is -0.481 e. The fourth-order valence-corrected chi connectivity index (χ4v) is 2.82. The Labute approximate surface area is 95.6 Å². The zero-order valence-corrected chi connectivity index (χ0v) is 9.56. The summed E-state index contributed by atoms with van der Waals surface area (Å²) < 4.78 is 2.06. The molecule has 0 atom stereocenters. The Hall–Kier alpha value is -1.06. The molecule has 2 aliphatic rings. The van der Waals surface area contributed by atoms with Crippen molar-refractivity contribution in [1.82, 2.24) is 0 Å². The van der Waals surface area contributed by atoms with Crippen molar-refractivity contribution >= 4 is 11.9 Å². The molecule has 90 valence electrons. The molecule has 4 heteroatoms. The molecule has 0 saturated heterocycles. The van der Waals surface area contributed by atoms with Crippen molar-refractivity contribution in [3.63, 3.8) is 0 Å². The van der Waals surface area contributed by atoms with E-state index >= 15 is 0 Å². The molecule has 4 nitrogen and oxygen atoms in total. The Morgan fingerprint density at radius 3 is 2.50 bits per heavy atom. The Morgan fingerprint density at radius 1 is 1.31 bits per heavy atom. The lowest BCUT2D eigenvalue weighted by molar-refractivity contribution is -0.534. The molecule has 0 amide bonds. The fraction of sp³-hybridized carbons (Fsp3) is 0.833. The highest BCUT2D eigenvalue weighted by Crippen LogP contribution is 2.29. The number of carboxylic acid groups (broad SMARTS) is 1. The van der Waals surface area contributed by atoms with E-state index in [0.29, 0.717) is 11.8 Å². The maximum Gasteiger partial charge on any atom is 0.334 e. The van der Waals surface area contributed by atoms with Gasteiger partial charge in [0.2, 0.25) is 0 Å². The van der Waals surface area contributed by atoms with Gasteiger partial charge in [-0.3, -0.25) is 4.79 Å². The van der Waals surface area contributed by atoms with Crippen LogP contribution in [0.1, 0.15) is 38.5 Å². The smallest absolute Gasteiger partial charge is 0.334 e. The second-order valence-electron chi connectivity index (χ2n) is 5.02. The first-order valence-electron chi connectivity index (χ1n) is 6.19. The average molecular weight is 226 g/mol. The number of rotatable bonds is 3. The van der Waals surface area contributed by atoms with Crippen LogP contribution in [0.3, 0.4) is 0 Å². The van der Waals surface area contributed by atoms with Gasteiger partial charge >= 0.3 is 11.9 Å². The summed E-state index contributed by atoms with van der Waals surface area (Å²) in [6.45, 7) is 1.88. The number of aliphatic hydroxyl groups is 1. The Morgan fingerprint density at radius 2 is 2.00 bits per heavy atom. The number of aliphatic hydroxyl groups excluding tert-OH is 1. The van der Waals surface area contributed by atoms with Crippen LogP contribution in [0.25, 0.3) is 0 Å². The molecule has 1 aliphatic carbocycles. The predicted octanol–water partition coefficient (Wildman–Crippen LogP) is 1.64. The van der Waals surface area contributed by atoms with E-state index in [2.05, 4.69) is 4.58 Å². The normalized spacial score (nSPS) is 30.8. The number of hydrogen-bond donors (Lipinski definition) is 2. The zero-order valence-electron chi connectivity index (χ0n) is 9.56. The number of nitrogens with zero attached hydrogens (tertiary/aromatic N) is 1. The van der Waals surface area contributed by atoms with Gasteiger partial charge in [-0.15, -0.1) is 0 Å². The lowest BCUT2D eigenvalue weighted by Gasteiger charge is -2.24.